The molecule has 3 aromatic rings. The second-order valence-electron chi connectivity index (χ2n) is 11.5. The molecule has 1 saturated carbocycles. The van der Waals surface area contributed by atoms with Crippen LogP contribution in [-0.4, -0.2) is 23.1 Å². The van der Waals surface area contributed by atoms with Crippen LogP contribution in [0.15, 0.2) is 42.5 Å². The predicted molar refractivity (Wildman–Crippen MR) is 125 cm³/mol. The van der Waals surface area contributed by atoms with Crippen LogP contribution >= 0.6 is 0 Å². The van der Waals surface area contributed by atoms with E-state index in [-0.39, 0.29) is 28.6 Å². The molecule has 2 N–H and O–H groups in total. The molecule has 0 amide bonds. The van der Waals surface area contributed by atoms with Gasteiger partial charge in [0, 0.05) is 10.8 Å². The van der Waals surface area contributed by atoms with Crippen LogP contribution in [0.1, 0.15) is 58.1 Å². The van der Waals surface area contributed by atoms with Crippen molar-refractivity contribution in [2.45, 2.75) is 58.7 Å². The maximum Gasteiger partial charge on any atom is 0.264 e. The first-order valence-corrected chi connectivity index (χ1v) is 11.5. The van der Waals surface area contributed by atoms with Crippen molar-refractivity contribution in [3.63, 3.8) is 0 Å². The summed E-state index contributed by atoms with van der Waals surface area (Å²) in [5.74, 6) is 1.45. The fraction of sp³-hybridized carbons (Fsp3) is 0.429. The molecule has 1 unspecified atom stereocenters. The second kappa shape index (κ2) is 6.20. The zero-order valence-electron chi connectivity index (χ0n) is 19.2. The lowest BCUT2D eigenvalue weighted by molar-refractivity contribution is -0.000745. The summed E-state index contributed by atoms with van der Waals surface area (Å²) in [5.41, 5.74) is 5.27. The molecule has 0 aromatic heterocycles. The lowest BCUT2D eigenvalue weighted by Gasteiger charge is -2.51. The number of hydrogen-bond donors (Lipinski definition) is 2. The number of ether oxygens (including phenoxy) is 2. The number of phenols is 1. The highest BCUT2D eigenvalue weighted by molar-refractivity contribution is 6.06. The molecule has 1 spiro atoms. The van der Waals surface area contributed by atoms with Gasteiger partial charge in [-0.1, -0.05) is 52.0 Å². The normalized spacial score (nSPS) is 23.3. The number of rotatable bonds is 1. The molecule has 1 aliphatic heterocycles. The van der Waals surface area contributed by atoms with Crippen molar-refractivity contribution in [2.24, 2.45) is 10.8 Å². The second-order valence-corrected chi connectivity index (χ2v) is 11.5. The van der Waals surface area contributed by atoms with E-state index in [4.69, 9.17) is 9.47 Å². The molecule has 1 fully saturated rings. The summed E-state index contributed by atoms with van der Waals surface area (Å²) in [6.45, 7) is 9.30. The Hall–Kier alpha value is -2.72. The van der Waals surface area contributed by atoms with Gasteiger partial charge in [0.15, 0.2) is 11.5 Å². The molecule has 4 heteroatoms. The van der Waals surface area contributed by atoms with Crippen molar-refractivity contribution in [3.8, 4) is 28.4 Å². The smallest absolute Gasteiger partial charge is 0.264 e. The van der Waals surface area contributed by atoms with E-state index >= 15 is 0 Å². The van der Waals surface area contributed by atoms with Crippen molar-refractivity contribution in [1.82, 2.24) is 0 Å². The van der Waals surface area contributed by atoms with E-state index in [1.54, 1.807) is 0 Å². The first-order chi connectivity index (χ1) is 15.1. The number of aliphatic hydroxyl groups is 1. The fourth-order valence-corrected chi connectivity index (χ4v) is 7.41. The zero-order chi connectivity index (χ0) is 22.5. The van der Waals surface area contributed by atoms with Gasteiger partial charge in [0.25, 0.3) is 6.29 Å². The molecule has 166 valence electrons. The number of hydrogen-bond acceptors (Lipinski definition) is 4. The predicted octanol–water partition coefficient (Wildman–Crippen LogP) is 6.14. The van der Waals surface area contributed by atoms with Gasteiger partial charge < -0.3 is 19.7 Å². The maximum atomic E-state index is 11.2. The zero-order valence-corrected chi connectivity index (χ0v) is 19.2. The van der Waals surface area contributed by atoms with Gasteiger partial charge in [-0.25, -0.2) is 0 Å². The summed E-state index contributed by atoms with van der Waals surface area (Å²) in [7, 11) is 0. The van der Waals surface area contributed by atoms with Crippen LogP contribution in [0.4, 0.5) is 0 Å². The summed E-state index contributed by atoms with van der Waals surface area (Å²) in [5, 5.41) is 22.4. The molecule has 3 aliphatic rings. The Balaban J connectivity index is 1.68. The Morgan fingerprint density at radius 3 is 2.12 bits per heavy atom. The van der Waals surface area contributed by atoms with Crippen molar-refractivity contribution >= 4 is 10.8 Å². The lowest BCUT2D eigenvalue weighted by atomic mass is 9.52. The van der Waals surface area contributed by atoms with Gasteiger partial charge in [-0.3, -0.25) is 0 Å². The van der Waals surface area contributed by atoms with Gasteiger partial charge in [-0.05, 0) is 75.9 Å². The number of aliphatic hydroxyl groups excluding tert-OH is 1. The van der Waals surface area contributed by atoms with Gasteiger partial charge in [0.1, 0.15) is 12.4 Å². The van der Waals surface area contributed by atoms with E-state index in [0.29, 0.717) is 11.5 Å². The molecule has 1 heterocycles. The minimum atomic E-state index is -0.699. The topological polar surface area (TPSA) is 58.9 Å². The van der Waals surface area contributed by atoms with E-state index in [2.05, 4.69) is 52.0 Å². The van der Waals surface area contributed by atoms with Crippen LogP contribution in [0.3, 0.4) is 0 Å². The summed E-state index contributed by atoms with van der Waals surface area (Å²) in [4.78, 5) is 0. The van der Waals surface area contributed by atoms with Crippen LogP contribution in [-0.2, 0) is 5.41 Å². The number of fused-ring (bicyclic) bond motifs is 8. The van der Waals surface area contributed by atoms with Crippen LogP contribution in [0.25, 0.3) is 21.9 Å². The summed E-state index contributed by atoms with van der Waals surface area (Å²) >= 11 is 0. The molecule has 4 nitrogen and oxygen atoms in total. The number of phenolic OH excluding ortho intramolecular Hbond substituents is 1. The molecule has 0 radical (unpaired) electrons. The molecule has 3 aromatic carbocycles. The van der Waals surface area contributed by atoms with E-state index in [1.165, 1.54) is 28.7 Å². The van der Waals surface area contributed by atoms with Gasteiger partial charge in [0.2, 0.25) is 0 Å². The van der Waals surface area contributed by atoms with E-state index in [1.807, 2.05) is 18.2 Å². The molecular weight excluding hydrogens is 400 g/mol. The quantitative estimate of drug-likeness (QED) is 0.487. The fourth-order valence-electron chi connectivity index (χ4n) is 7.41. The minimum Gasteiger partial charge on any atom is -0.507 e. The highest BCUT2D eigenvalue weighted by Gasteiger charge is 2.53. The lowest BCUT2D eigenvalue weighted by Crippen LogP contribution is -2.43. The Bertz CT molecular complexity index is 1250. The van der Waals surface area contributed by atoms with E-state index in [9.17, 15) is 10.2 Å². The van der Waals surface area contributed by atoms with E-state index < -0.39 is 6.29 Å². The number of aromatic hydroxyl groups is 1. The summed E-state index contributed by atoms with van der Waals surface area (Å²) in [6, 6.07) is 14.6. The Morgan fingerprint density at radius 2 is 1.47 bits per heavy atom. The van der Waals surface area contributed by atoms with Crippen molar-refractivity contribution in [3.05, 3.63) is 53.6 Å². The van der Waals surface area contributed by atoms with Crippen LogP contribution in [0, 0.1) is 10.8 Å². The van der Waals surface area contributed by atoms with Crippen molar-refractivity contribution < 1.29 is 19.7 Å². The Kier molecular flexibility index (Phi) is 3.86. The third-order valence-corrected chi connectivity index (χ3v) is 7.59. The monoisotopic (exact) mass is 430 g/mol. The molecule has 1 atom stereocenters. The van der Waals surface area contributed by atoms with Crippen molar-refractivity contribution in [2.75, 3.05) is 6.61 Å². The van der Waals surface area contributed by atoms with Gasteiger partial charge in [-0.2, -0.15) is 0 Å². The largest absolute Gasteiger partial charge is 0.507 e. The van der Waals surface area contributed by atoms with Gasteiger partial charge in [0.05, 0.1) is 0 Å². The van der Waals surface area contributed by atoms with Crippen LogP contribution in [0.2, 0.25) is 0 Å². The van der Waals surface area contributed by atoms with Crippen LogP contribution < -0.4 is 9.47 Å². The highest BCUT2D eigenvalue weighted by atomic mass is 16.7. The number of benzene rings is 3. The first-order valence-electron chi connectivity index (χ1n) is 11.5. The van der Waals surface area contributed by atoms with Gasteiger partial charge >= 0.3 is 0 Å². The van der Waals surface area contributed by atoms with Crippen molar-refractivity contribution in [1.29, 1.82) is 0 Å². The molecule has 0 bridgehead atoms. The molecule has 32 heavy (non-hydrogen) atoms. The van der Waals surface area contributed by atoms with Gasteiger partial charge in [-0.15, -0.1) is 0 Å². The summed E-state index contributed by atoms with van der Waals surface area (Å²) < 4.78 is 11.5. The third-order valence-electron chi connectivity index (χ3n) is 7.59. The average molecular weight is 431 g/mol. The third kappa shape index (κ3) is 2.65. The Labute approximate surface area is 188 Å². The van der Waals surface area contributed by atoms with E-state index in [0.717, 1.165) is 23.6 Å². The molecule has 2 aliphatic carbocycles. The Morgan fingerprint density at radius 1 is 0.844 bits per heavy atom. The SMILES string of the molecule is CC1(C)CC(C)(C)CC2(C1)c1ccccc1-c1c2cc(O)c2cc3c(cc12)OC(CO)O3. The summed E-state index contributed by atoms with van der Waals surface area (Å²) in [6.07, 6.45) is 2.58. The maximum absolute atomic E-state index is 11.2. The average Bonchev–Trinajstić information content (AvgIpc) is 3.22. The first kappa shape index (κ1) is 19.9. The standard InChI is InChI=1S/C28H30O4/c1-26(2)13-27(3,4)15-28(14-26)19-8-6-5-7-16(19)25-18-10-23-22(31-24(12-29)32-23)9-17(18)21(30)11-20(25)28/h5-11,24,29-30H,12-15H2,1-4H3. The minimum absolute atomic E-state index is 0.132. The van der Waals surface area contributed by atoms with Crippen LogP contribution in [0.5, 0.6) is 17.2 Å². The molecule has 6 rings (SSSR count). The highest BCUT2D eigenvalue weighted by Crippen LogP contribution is 2.65. The molecular formula is C28H30O4. The molecule has 0 saturated heterocycles.